The first kappa shape index (κ1) is 15.2. The van der Waals surface area contributed by atoms with Crippen molar-refractivity contribution < 1.29 is 4.74 Å². The van der Waals surface area contributed by atoms with E-state index in [1.807, 2.05) is 26.0 Å². The van der Waals surface area contributed by atoms with Gasteiger partial charge in [0.1, 0.15) is 11.5 Å². The van der Waals surface area contributed by atoms with Crippen LogP contribution in [0.1, 0.15) is 18.1 Å². The van der Waals surface area contributed by atoms with Crippen LogP contribution < -0.4 is 10.5 Å². The number of nitrogens with two attached hydrogens (primary N) is 1. The largest absolute Gasteiger partial charge is 0.457 e. The molecule has 0 bridgehead atoms. The van der Waals surface area contributed by atoms with E-state index in [2.05, 4.69) is 6.07 Å². The molecule has 2 nitrogen and oxygen atoms in total. The van der Waals surface area contributed by atoms with E-state index in [0.717, 1.165) is 17.7 Å². The number of hydrogen-bond donors (Lipinski definition) is 1. The SMILES string of the molecule is Cc1cc(CC(C)N)ccc1Oc1cc(Cl)cc(Cl)c1. The molecule has 0 aliphatic rings. The van der Waals surface area contributed by atoms with Crippen molar-refractivity contribution in [3.63, 3.8) is 0 Å². The van der Waals surface area contributed by atoms with E-state index < -0.39 is 0 Å². The summed E-state index contributed by atoms with van der Waals surface area (Å²) in [5, 5.41) is 1.11. The lowest BCUT2D eigenvalue weighted by Crippen LogP contribution is -2.17. The minimum atomic E-state index is 0.146. The van der Waals surface area contributed by atoms with Gasteiger partial charge < -0.3 is 10.5 Å². The number of benzene rings is 2. The summed E-state index contributed by atoms with van der Waals surface area (Å²) in [6.45, 7) is 4.00. The summed E-state index contributed by atoms with van der Waals surface area (Å²) in [6.07, 6.45) is 0.851. The van der Waals surface area contributed by atoms with Crippen LogP contribution in [0, 0.1) is 6.92 Å². The second-order valence-corrected chi connectivity index (χ2v) is 5.86. The van der Waals surface area contributed by atoms with Crippen molar-refractivity contribution in [2.24, 2.45) is 5.73 Å². The maximum Gasteiger partial charge on any atom is 0.130 e. The topological polar surface area (TPSA) is 35.2 Å². The molecule has 2 N–H and O–H groups in total. The van der Waals surface area contributed by atoms with Crippen LogP contribution in [0.2, 0.25) is 10.0 Å². The minimum absolute atomic E-state index is 0.146. The molecule has 1 atom stereocenters. The van der Waals surface area contributed by atoms with Crippen LogP contribution in [0.25, 0.3) is 0 Å². The van der Waals surface area contributed by atoms with Gasteiger partial charge in [-0.2, -0.15) is 0 Å². The highest BCUT2D eigenvalue weighted by molar-refractivity contribution is 6.34. The van der Waals surface area contributed by atoms with Gasteiger partial charge in [0.25, 0.3) is 0 Å². The van der Waals surface area contributed by atoms with E-state index in [1.54, 1.807) is 18.2 Å². The van der Waals surface area contributed by atoms with E-state index in [1.165, 1.54) is 5.56 Å². The molecule has 0 amide bonds. The Balaban J connectivity index is 2.21. The van der Waals surface area contributed by atoms with Gasteiger partial charge in [0.2, 0.25) is 0 Å². The predicted octanol–water partition coefficient (Wildman–Crippen LogP) is 4.98. The molecule has 0 spiro atoms. The number of hydrogen-bond acceptors (Lipinski definition) is 2. The smallest absolute Gasteiger partial charge is 0.130 e. The summed E-state index contributed by atoms with van der Waals surface area (Å²) in [5.41, 5.74) is 8.07. The van der Waals surface area contributed by atoms with Gasteiger partial charge in [0.05, 0.1) is 0 Å². The zero-order valence-electron chi connectivity index (χ0n) is 11.5. The summed E-state index contributed by atoms with van der Waals surface area (Å²) in [7, 11) is 0. The molecule has 4 heteroatoms. The van der Waals surface area contributed by atoms with Crippen LogP contribution >= 0.6 is 23.2 Å². The van der Waals surface area contributed by atoms with E-state index in [4.69, 9.17) is 33.7 Å². The average molecular weight is 310 g/mol. The zero-order valence-corrected chi connectivity index (χ0v) is 13.0. The highest BCUT2D eigenvalue weighted by Gasteiger charge is 2.06. The zero-order chi connectivity index (χ0) is 14.7. The molecule has 0 radical (unpaired) electrons. The fourth-order valence-corrected chi connectivity index (χ4v) is 2.55. The molecular formula is C16H17Cl2NO. The van der Waals surface area contributed by atoms with Crippen LogP contribution in [0.5, 0.6) is 11.5 Å². The third-order valence-electron chi connectivity index (χ3n) is 2.86. The maximum absolute atomic E-state index is 5.96. The standard InChI is InChI=1S/C16H17Cl2NO/c1-10-5-12(6-11(2)19)3-4-16(10)20-15-8-13(17)7-14(18)9-15/h3-5,7-9,11H,6,19H2,1-2H3. The molecule has 2 rings (SSSR count). The van der Waals surface area contributed by atoms with Crippen molar-refractivity contribution in [2.75, 3.05) is 0 Å². The second kappa shape index (κ2) is 6.49. The highest BCUT2D eigenvalue weighted by atomic mass is 35.5. The number of aryl methyl sites for hydroxylation is 1. The fourth-order valence-electron chi connectivity index (χ4n) is 2.04. The lowest BCUT2D eigenvalue weighted by Gasteiger charge is -2.12. The molecule has 2 aromatic rings. The molecule has 0 aliphatic heterocycles. The molecule has 0 aromatic heterocycles. The van der Waals surface area contributed by atoms with Gasteiger partial charge in [-0.05, 0) is 55.7 Å². The molecule has 20 heavy (non-hydrogen) atoms. The lowest BCUT2D eigenvalue weighted by atomic mass is 10.0. The first-order valence-corrected chi connectivity index (χ1v) is 7.18. The van der Waals surface area contributed by atoms with E-state index in [9.17, 15) is 0 Å². The molecule has 1 unspecified atom stereocenters. The van der Waals surface area contributed by atoms with E-state index in [-0.39, 0.29) is 6.04 Å². The fraction of sp³-hybridized carbons (Fsp3) is 0.250. The van der Waals surface area contributed by atoms with Crippen molar-refractivity contribution in [2.45, 2.75) is 26.3 Å². The van der Waals surface area contributed by atoms with E-state index in [0.29, 0.717) is 15.8 Å². The van der Waals surface area contributed by atoms with Crippen molar-refractivity contribution in [1.82, 2.24) is 0 Å². The Morgan fingerprint density at radius 3 is 2.30 bits per heavy atom. The van der Waals surface area contributed by atoms with Crippen LogP contribution in [0.15, 0.2) is 36.4 Å². The normalized spacial score (nSPS) is 12.2. The van der Waals surface area contributed by atoms with Gasteiger partial charge in [-0.15, -0.1) is 0 Å². The van der Waals surface area contributed by atoms with Gasteiger partial charge in [-0.3, -0.25) is 0 Å². The number of rotatable bonds is 4. The van der Waals surface area contributed by atoms with E-state index >= 15 is 0 Å². The van der Waals surface area contributed by atoms with Gasteiger partial charge >= 0.3 is 0 Å². The second-order valence-electron chi connectivity index (χ2n) is 4.99. The van der Waals surface area contributed by atoms with Gasteiger partial charge in [-0.1, -0.05) is 35.3 Å². The van der Waals surface area contributed by atoms with Crippen molar-refractivity contribution in [3.05, 3.63) is 57.6 Å². The molecule has 106 valence electrons. The Bertz CT molecular complexity index is 591. The Kier molecular flexibility index (Phi) is 4.92. The van der Waals surface area contributed by atoms with Crippen molar-refractivity contribution in [3.8, 4) is 11.5 Å². The summed E-state index contributed by atoms with van der Waals surface area (Å²) in [4.78, 5) is 0. The predicted molar refractivity (Wildman–Crippen MR) is 85.1 cm³/mol. The number of ether oxygens (including phenoxy) is 1. The summed E-state index contributed by atoms with van der Waals surface area (Å²) < 4.78 is 5.83. The van der Waals surface area contributed by atoms with Crippen molar-refractivity contribution >= 4 is 23.2 Å². The van der Waals surface area contributed by atoms with Gasteiger partial charge in [0, 0.05) is 16.1 Å². The average Bonchev–Trinajstić information content (AvgIpc) is 2.30. The third-order valence-corrected chi connectivity index (χ3v) is 3.30. The summed E-state index contributed by atoms with van der Waals surface area (Å²) in [5.74, 6) is 1.42. The number of halogens is 2. The highest BCUT2D eigenvalue weighted by Crippen LogP contribution is 2.30. The Labute approximate surface area is 129 Å². The molecule has 0 saturated carbocycles. The molecule has 0 heterocycles. The first-order valence-electron chi connectivity index (χ1n) is 6.43. The third kappa shape index (κ3) is 4.14. The molecule has 2 aromatic carbocycles. The van der Waals surface area contributed by atoms with Crippen LogP contribution in [-0.4, -0.2) is 6.04 Å². The monoisotopic (exact) mass is 309 g/mol. The Hall–Kier alpha value is -1.22. The molecule has 0 aliphatic carbocycles. The van der Waals surface area contributed by atoms with Crippen LogP contribution in [0.4, 0.5) is 0 Å². The Morgan fingerprint density at radius 2 is 1.75 bits per heavy atom. The quantitative estimate of drug-likeness (QED) is 0.864. The minimum Gasteiger partial charge on any atom is -0.457 e. The van der Waals surface area contributed by atoms with Crippen LogP contribution in [0.3, 0.4) is 0 Å². The first-order chi connectivity index (χ1) is 9.44. The summed E-state index contributed by atoms with van der Waals surface area (Å²) >= 11 is 11.9. The van der Waals surface area contributed by atoms with Crippen LogP contribution in [-0.2, 0) is 6.42 Å². The lowest BCUT2D eigenvalue weighted by molar-refractivity contribution is 0.478. The maximum atomic E-state index is 5.96. The molecule has 0 fully saturated rings. The molecular weight excluding hydrogens is 293 g/mol. The van der Waals surface area contributed by atoms with Gasteiger partial charge in [0.15, 0.2) is 0 Å². The van der Waals surface area contributed by atoms with Crippen molar-refractivity contribution in [1.29, 1.82) is 0 Å². The van der Waals surface area contributed by atoms with Gasteiger partial charge in [-0.25, -0.2) is 0 Å². The molecule has 0 saturated heterocycles. The summed E-state index contributed by atoms with van der Waals surface area (Å²) in [6, 6.07) is 11.4. The Morgan fingerprint density at radius 1 is 1.10 bits per heavy atom.